The minimum absolute atomic E-state index is 0.633. The summed E-state index contributed by atoms with van der Waals surface area (Å²) in [4.78, 5) is 9.42. The average molecular weight is 1260 g/mol. The number of rotatable bonds is 46. The Morgan fingerprint density at radius 3 is 0.720 bits per heavy atom. The van der Waals surface area contributed by atoms with E-state index in [0.717, 1.165) is 163 Å². The van der Waals surface area contributed by atoms with Crippen molar-refractivity contribution in [3.8, 4) is 46.0 Å². The Balaban J connectivity index is 0.570. The molecule has 0 aliphatic heterocycles. The number of azo groups is 2. The van der Waals surface area contributed by atoms with Crippen molar-refractivity contribution >= 4 is 46.6 Å². The summed E-state index contributed by atoms with van der Waals surface area (Å²) < 4.78 is 46.5. The molecule has 0 aliphatic rings. The predicted octanol–water partition coefficient (Wildman–Crippen LogP) is 22.6. The van der Waals surface area contributed by atoms with Crippen LogP contribution in [0.15, 0.2) is 225 Å². The summed E-state index contributed by atoms with van der Waals surface area (Å²) in [6.07, 6.45) is 28.3. The van der Waals surface area contributed by atoms with E-state index in [9.17, 15) is 0 Å². The van der Waals surface area contributed by atoms with Gasteiger partial charge in [0, 0.05) is 24.6 Å². The van der Waals surface area contributed by atoms with Gasteiger partial charge in [-0.15, -0.1) is 0 Å². The lowest BCUT2D eigenvalue weighted by molar-refractivity contribution is 0.279. The second-order valence-electron chi connectivity index (χ2n) is 22.9. The van der Waals surface area contributed by atoms with Gasteiger partial charge in [-0.25, -0.2) is 0 Å². The van der Waals surface area contributed by atoms with Crippen molar-refractivity contribution in [3.63, 3.8) is 0 Å². The van der Waals surface area contributed by atoms with Gasteiger partial charge < -0.3 is 37.9 Å². The number of nitrogens with zero attached hydrogens (tertiary/aromatic N) is 6. The molecule has 0 spiro atoms. The minimum Gasteiger partial charge on any atom is -0.497 e. The zero-order valence-corrected chi connectivity index (χ0v) is 54.7. The van der Waals surface area contributed by atoms with Gasteiger partial charge in [0.2, 0.25) is 0 Å². The van der Waals surface area contributed by atoms with E-state index in [1.807, 2.05) is 207 Å². The first-order valence-electron chi connectivity index (χ1n) is 33.6. The topological polar surface area (TPSA) is 148 Å². The van der Waals surface area contributed by atoms with Crippen molar-refractivity contribution in [2.75, 3.05) is 53.9 Å². The normalized spacial score (nSPS) is 11.5. The highest BCUT2D eigenvalue weighted by Crippen LogP contribution is 2.28. The standard InChI is InChI=1S/C79H94N6O8/c1-86-72-46-34-66(35-47-72)82-84-68-38-50-76(51-39-68)90-56-20-15-11-7-3-5-9-13-18-54-88-74-42-30-64(31-43-74)62-80-70-26-24-28-78(60-70)92-58-22-17-23-59-93-79-29-25-27-71(61-79)81-63-65-32-44-75(45-33-65)89-55-19-14-10-6-4-8-12-16-21-57-91-77-52-40-69(41-53-77)85-83-67-36-48-73(87-2)49-37-67/h24-53,60-63H,3-23,54-59H2,1-2H3. The summed E-state index contributed by atoms with van der Waals surface area (Å²) in [6.45, 7) is 4.19. The Hall–Kier alpha value is -9.30. The molecule has 488 valence electrons. The Kier molecular flexibility index (Phi) is 31.9. The highest BCUT2D eigenvalue weighted by Gasteiger charge is 2.05. The van der Waals surface area contributed by atoms with Crippen LogP contribution in [0.3, 0.4) is 0 Å². The lowest BCUT2D eigenvalue weighted by atomic mass is 10.1. The summed E-state index contributed by atoms with van der Waals surface area (Å²) in [5.41, 5.74) is 6.88. The number of aliphatic imine (C=N–C) groups is 2. The van der Waals surface area contributed by atoms with Gasteiger partial charge in [-0.05, 0) is 226 Å². The van der Waals surface area contributed by atoms with Crippen molar-refractivity contribution < 1.29 is 37.9 Å². The van der Waals surface area contributed by atoms with Crippen LogP contribution < -0.4 is 37.9 Å². The molecule has 0 fully saturated rings. The van der Waals surface area contributed by atoms with Crippen LogP contribution in [0.1, 0.15) is 146 Å². The smallest absolute Gasteiger partial charge is 0.121 e. The zero-order valence-electron chi connectivity index (χ0n) is 54.7. The molecule has 8 aromatic carbocycles. The molecule has 14 nitrogen and oxygen atoms in total. The van der Waals surface area contributed by atoms with Crippen LogP contribution in [0, 0.1) is 0 Å². The van der Waals surface area contributed by atoms with Crippen LogP contribution in [-0.4, -0.2) is 66.3 Å². The van der Waals surface area contributed by atoms with Gasteiger partial charge in [0.1, 0.15) is 46.0 Å². The molecule has 0 saturated carbocycles. The molecule has 14 heteroatoms. The molecule has 0 amide bonds. The van der Waals surface area contributed by atoms with Gasteiger partial charge in [-0.2, -0.15) is 20.5 Å². The molecule has 0 unspecified atom stereocenters. The van der Waals surface area contributed by atoms with Crippen molar-refractivity contribution in [3.05, 3.63) is 205 Å². The van der Waals surface area contributed by atoms with Gasteiger partial charge in [0.15, 0.2) is 0 Å². The number of unbranched alkanes of at least 4 members (excludes halogenated alkanes) is 18. The van der Waals surface area contributed by atoms with E-state index in [-0.39, 0.29) is 0 Å². The molecule has 0 atom stereocenters. The number of hydrogen-bond donors (Lipinski definition) is 0. The highest BCUT2D eigenvalue weighted by atomic mass is 16.5. The number of hydrogen-bond acceptors (Lipinski definition) is 14. The van der Waals surface area contributed by atoms with Crippen LogP contribution in [-0.2, 0) is 0 Å². The first kappa shape index (κ1) is 69.6. The van der Waals surface area contributed by atoms with Crippen molar-refractivity contribution in [2.24, 2.45) is 30.4 Å². The van der Waals surface area contributed by atoms with Crippen molar-refractivity contribution in [1.29, 1.82) is 0 Å². The second-order valence-corrected chi connectivity index (χ2v) is 22.9. The van der Waals surface area contributed by atoms with Crippen LogP contribution in [0.5, 0.6) is 46.0 Å². The maximum atomic E-state index is 6.09. The molecule has 0 aromatic heterocycles. The van der Waals surface area contributed by atoms with Gasteiger partial charge in [0.25, 0.3) is 0 Å². The van der Waals surface area contributed by atoms with E-state index in [1.54, 1.807) is 14.2 Å². The van der Waals surface area contributed by atoms with E-state index >= 15 is 0 Å². The summed E-state index contributed by atoms with van der Waals surface area (Å²) in [5.74, 6) is 6.73. The molecule has 93 heavy (non-hydrogen) atoms. The summed E-state index contributed by atoms with van der Waals surface area (Å²) in [6, 6.07) is 62.6. The molecule has 0 saturated heterocycles. The average Bonchev–Trinajstić information content (AvgIpc) is 2.82. The Labute approximate surface area is 552 Å². The summed E-state index contributed by atoms with van der Waals surface area (Å²) >= 11 is 0. The lowest BCUT2D eigenvalue weighted by Crippen LogP contribution is -2.01. The Morgan fingerprint density at radius 2 is 0.452 bits per heavy atom. The number of methoxy groups -OCH3 is 2. The van der Waals surface area contributed by atoms with Crippen LogP contribution >= 0.6 is 0 Å². The maximum absolute atomic E-state index is 6.09. The van der Waals surface area contributed by atoms with E-state index in [1.165, 1.54) is 89.9 Å². The summed E-state index contributed by atoms with van der Waals surface area (Å²) in [7, 11) is 3.30. The van der Waals surface area contributed by atoms with Gasteiger partial charge in [0.05, 0.1) is 88.0 Å². The quantitative estimate of drug-likeness (QED) is 0.0208. The molecule has 0 N–H and O–H groups in total. The lowest BCUT2D eigenvalue weighted by Gasteiger charge is -2.08. The fraction of sp³-hybridized carbons (Fsp3) is 0.367. The third kappa shape index (κ3) is 28.8. The highest BCUT2D eigenvalue weighted by molar-refractivity contribution is 5.83. The largest absolute Gasteiger partial charge is 0.497 e. The molecule has 0 aliphatic carbocycles. The van der Waals surface area contributed by atoms with Crippen molar-refractivity contribution in [1.82, 2.24) is 0 Å². The molecule has 0 radical (unpaired) electrons. The Bertz CT molecular complexity index is 3180. The van der Waals surface area contributed by atoms with E-state index in [2.05, 4.69) is 20.5 Å². The molecular weight excluding hydrogens is 1160 g/mol. The SMILES string of the molecule is COc1ccc(N=Nc2ccc(OCCCCCCCCCCCOc3ccc(C=Nc4cccc(OCCCCCOc5cccc(N=Cc6ccc(OCCCCCCCCCCCOc7ccc(N=Nc8ccc(OC)cc8)cc7)cc6)c5)c4)cc3)cc2)cc1. The fourth-order valence-electron chi connectivity index (χ4n) is 10.1. The monoisotopic (exact) mass is 1250 g/mol. The van der Waals surface area contributed by atoms with Crippen LogP contribution in [0.25, 0.3) is 0 Å². The fourth-order valence-corrected chi connectivity index (χ4v) is 10.1. The van der Waals surface area contributed by atoms with E-state index < -0.39 is 0 Å². The zero-order chi connectivity index (χ0) is 64.3. The van der Waals surface area contributed by atoms with Crippen molar-refractivity contribution in [2.45, 2.75) is 135 Å². The minimum atomic E-state index is 0.633. The Morgan fingerprint density at radius 1 is 0.226 bits per heavy atom. The number of ether oxygens (including phenoxy) is 8. The first-order valence-corrected chi connectivity index (χ1v) is 33.6. The third-order valence-corrected chi connectivity index (χ3v) is 15.5. The van der Waals surface area contributed by atoms with Crippen LogP contribution in [0.4, 0.5) is 34.1 Å². The van der Waals surface area contributed by atoms with E-state index in [4.69, 9.17) is 47.9 Å². The van der Waals surface area contributed by atoms with Gasteiger partial charge in [-0.1, -0.05) is 102 Å². The molecular formula is C79H94N6O8. The first-order chi connectivity index (χ1) is 46.0. The second kappa shape index (κ2) is 42.7. The van der Waals surface area contributed by atoms with Gasteiger partial charge in [-0.3, -0.25) is 9.98 Å². The molecule has 0 bridgehead atoms. The van der Waals surface area contributed by atoms with Crippen LogP contribution in [0.2, 0.25) is 0 Å². The molecule has 8 rings (SSSR count). The summed E-state index contributed by atoms with van der Waals surface area (Å²) in [5, 5.41) is 17.2. The maximum Gasteiger partial charge on any atom is 0.121 e. The third-order valence-electron chi connectivity index (χ3n) is 15.5. The number of benzene rings is 8. The van der Waals surface area contributed by atoms with E-state index in [0.29, 0.717) is 13.2 Å². The predicted molar refractivity (Wildman–Crippen MR) is 377 cm³/mol. The van der Waals surface area contributed by atoms with Gasteiger partial charge >= 0.3 is 0 Å². The molecule has 8 aromatic rings. The molecule has 0 heterocycles.